The number of likely N-dealkylation sites (tertiary alicyclic amines) is 1. The maximum atomic E-state index is 13.5. The van der Waals surface area contributed by atoms with Gasteiger partial charge in [-0.25, -0.2) is 4.90 Å². The number of amides is 2. The number of hydrogen-bond donors (Lipinski definition) is 0. The Bertz CT molecular complexity index is 1210. The summed E-state index contributed by atoms with van der Waals surface area (Å²) in [6, 6.07) is 4.16. The van der Waals surface area contributed by atoms with Gasteiger partial charge in [-0.3, -0.25) is 14.5 Å². The van der Waals surface area contributed by atoms with Crippen molar-refractivity contribution in [2.24, 2.45) is 11.8 Å². The first kappa shape index (κ1) is 31.5. The number of thioether (sulfide) groups is 1. The number of carbonyl (C=O) groups is 2. The number of carbonyl (C=O) groups excluding carboxylic acids is 2. The third kappa shape index (κ3) is 5.79. The molecule has 6 nitrogen and oxygen atoms in total. The quantitative estimate of drug-likeness (QED) is 0.204. The number of rotatable bonds is 9. The zero-order chi connectivity index (χ0) is 30.6. The molecule has 41 heavy (non-hydrogen) atoms. The molecule has 3 saturated heterocycles. The summed E-state index contributed by atoms with van der Waals surface area (Å²) in [6.07, 6.45) is -11.4. The van der Waals surface area contributed by atoms with E-state index in [2.05, 4.69) is 0 Å². The van der Waals surface area contributed by atoms with Crippen LogP contribution in [0.3, 0.4) is 0 Å². The van der Waals surface area contributed by atoms with E-state index in [0.717, 1.165) is 17.0 Å². The number of nitriles is 1. The van der Waals surface area contributed by atoms with Gasteiger partial charge in [-0.05, 0) is 62.9 Å². The first-order valence-corrected chi connectivity index (χ1v) is 13.9. The molecular weight excluding hydrogens is 586 g/mol. The second-order valence-electron chi connectivity index (χ2n) is 11.0. The summed E-state index contributed by atoms with van der Waals surface area (Å²) in [5, 5.41) is 9.06. The van der Waals surface area contributed by atoms with Crippen molar-refractivity contribution in [1.82, 2.24) is 4.90 Å². The Balaban J connectivity index is 1.39. The zero-order valence-corrected chi connectivity index (χ0v) is 22.9. The molecule has 3 fully saturated rings. The van der Waals surface area contributed by atoms with Crippen LogP contribution in [-0.2, 0) is 20.5 Å². The van der Waals surface area contributed by atoms with E-state index in [1.807, 2.05) is 4.90 Å². The first-order chi connectivity index (χ1) is 18.8. The zero-order valence-electron chi connectivity index (χ0n) is 22.0. The van der Waals surface area contributed by atoms with Crippen LogP contribution in [0.5, 0.6) is 0 Å². The monoisotopic (exact) mass is 613 g/mol. The standard InChI is InChI=1S/C26H27F8N3O3S/c1-22-13-36(8-4-10-41-9-3-7-24(27,28)26(32,33)34)14-23(2,40-22)19-18(22)20(38)37(21(19)39)16-6-5-15(12-35)17(11-16)25(29,30)31/h5-6,11,18-19H,3-4,7-10,13-14H2,1-2H3/t18?,19?,22-,23+. The fraction of sp³-hybridized carbons (Fsp3) is 0.654. The van der Waals surface area contributed by atoms with E-state index in [-0.39, 0.29) is 31.0 Å². The lowest BCUT2D eigenvalue weighted by Crippen LogP contribution is -2.58. The molecule has 0 spiro atoms. The Labute approximate surface area is 235 Å². The molecule has 4 atom stereocenters. The van der Waals surface area contributed by atoms with Crippen LogP contribution in [0, 0.1) is 23.2 Å². The number of anilines is 1. The Morgan fingerprint density at radius 1 is 0.976 bits per heavy atom. The van der Waals surface area contributed by atoms with Crippen LogP contribution < -0.4 is 4.90 Å². The van der Waals surface area contributed by atoms with E-state index in [4.69, 9.17) is 10.00 Å². The van der Waals surface area contributed by atoms with E-state index in [9.17, 15) is 44.7 Å². The number of benzene rings is 1. The molecule has 0 aliphatic carbocycles. The van der Waals surface area contributed by atoms with Gasteiger partial charge in [0.25, 0.3) is 0 Å². The predicted octanol–water partition coefficient (Wildman–Crippen LogP) is 5.65. The molecule has 226 valence electrons. The molecule has 3 aliphatic rings. The number of fused-ring (bicyclic) bond motifs is 5. The van der Waals surface area contributed by atoms with Crippen LogP contribution in [0.15, 0.2) is 18.2 Å². The first-order valence-electron chi connectivity index (χ1n) is 12.8. The molecule has 0 aromatic heterocycles. The van der Waals surface area contributed by atoms with Gasteiger partial charge >= 0.3 is 18.3 Å². The summed E-state index contributed by atoms with van der Waals surface area (Å²) >= 11 is 1.26. The van der Waals surface area contributed by atoms with Gasteiger partial charge < -0.3 is 4.74 Å². The number of alkyl halides is 8. The number of morpholine rings is 1. The highest BCUT2D eigenvalue weighted by Crippen LogP contribution is 2.55. The van der Waals surface area contributed by atoms with Gasteiger partial charge in [0.1, 0.15) is 0 Å². The Morgan fingerprint density at radius 3 is 2.05 bits per heavy atom. The van der Waals surface area contributed by atoms with Crippen molar-refractivity contribution >= 4 is 29.3 Å². The van der Waals surface area contributed by atoms with Crippen LogP contribution >= 0.6 is 11.8 Å². The van der Waals surface area contributed by atoms with E-state index in [1.165, 1.54) is 17.8 Å². The van der Waals surface area contributed by atoms with Crippen molar-refractivity contribution in [2.45, 2.75) is 62.6 Å². The molecule has 15 heteroatoms. The summed E-state index contributed by atoms with van der Waals surface area (Å²) < 4.78 is 110. The molecule has 1 aromatic carbocycles. The molecule has 0 saturated carbocycles. The molecule has 4 rings (SSSR count). The topological polar surface area (TPSA) is 73.6 Å². The molecule has 0 radical (unpaired) electrons. The summed E-state index contributed by atoms with van der Waals surface area (Å²) in [7, 11) is 0. The van der Waals surface area contributed by atoms with Crippen LogP contribution in [-0.4, -0.2) is 71.2 Å². The Morgan fingerprint density at radius 2 is 1.54 bits per heavy atom. The number of nitrogens with zero attached hydrogens (tertiary/aromatic N) is 3. The summed E-state index contributed by atoms with van der Waals surface area (Å²) in [5.74, 6) is -7.33. The SMILES string of the molecule is C[C@]12CN(CCCSCCCC(F)(F)C(F)(F)F)C[C@](C)(O1)C1C(=O)N(c3ccc(C#N)c(C(F)(F)F)c3)C(=O)C12. The maximum absolute atomic E-state index is 13.5. The summed E-state index contributed by atoms with van der Waals surface area (Å²) in [6.45, 7) is 4.34. The largest absolute Gasteiger partial charge is 0.453 e. The van der Waals surface area contributed by atoms with Gasteiger partial charge in [-0.1, -0.05) is 0 Å². The number of imide groups is 1. The lowest BCUT2D eigenvalue weighted by atomic mass is 9.79. The molecule has 1 aromatic rings. The fourth-order valence-corrected chi connectivity index (χ4v) is 7.10. The van der Waals surface area contributed by atoms with Crippen LogP contribution in [0.1, 0.15) is 44.2 Å². The van der Waals surface area contributed by atoms with Gasteiger partial charge in [-0.2, -0.15) is 52.1 Å². The van der Waals surface area contributed by atoms with E-state index in [1.54, 1.807) is 13.8 Å². The average Bonchev–Trinajstić information content (AvgIpc) is 3.21. The van der Waals surface area contributed by atoms with Crippen molar-refractivity contribution in [3.8, 4) is 6.07 Å². The molecular formula is C26H27F8N3O3S. The fourth-order valence-electron chi connectivity index (χ4n) is 6.21. The lowest BCUT2D eigenvalue weighted by molar-refractivity contribution is -0.284. The summed E-state index contributed by atoms with van der Waals surface area (Å²) in [5.41, 5.74) is -4.38. The highest BCUT2D eigenvalue weighted by molar-refractivity contribution is 7.99. The number of ether oxygens (including phenoxy) is 1. The van der Waals surface area contributed by atoms with Crippen molar-refractivity contribution in [3.05, 3.63) is 29.3 Å². The van der Waals surface area contributed by atoms with Crippen molar-refractivity contribution in [3.63, 3.8) is 0 Å². The van der Waals surface area contributed by atoms with Crippen molar-refractivity contribution < 1.29 is 49.4 Å². The molecule has 3 aliphatic heterocycles. The van der Waals surface area contributed by atoms with Gasteiger partial charge in [0.05, 0.1) is 45.9 Å². The van der Waals surface area contributed by atoms with Crippen molar-refractivity contribution in [2.75, 3.05) is 36.0 Å². The Hall–Kier alpha value is -2.44. The van der Waals surface area contributed by atoms with Gasteiger partial charge in [0, 0.05) is 19.5 Å². The minimum absolute atomic E-state index is 0.137. The second kappa shape index (κ2) is 10.7. The Kier molecular flexibility index (Phi) is 8.20. The van der Waals surface area contributed by atoms with Gasteiger partial charge in [0.15, 0.2) is 0 Å². The van der Waals surface area contributed by atoms with E-state index >= 15 is 0 Å². The smallest absolute Gasteiger partial charge is 0.365 e. The lowest BCUT2D eigenvalue weighted by Gasteiger charge is -2.45. The van der Waals surface area contributed by atoms with Crippen LogP contribution in [0.25, 0.3) is 0 Å². The average molecular weight is 614 g/mol. The molecule has 0 N–H and O–H groups in total. The third-order valence-electron chi connectivity index (χ3n) is 7.81. The molecule has 2 amide bonds. The minimum Gasteiger partial charge on any atom is -0.365 e. The maximum Gasteiger partial charge on any atom is 0.453 e. The van der Waals surface area contributed by atoms with Gasteiger partial charge in [-0.15, -0.1) is 0 Å². The highest BCUT2D eigenvalue weighted by atomic mass is 32.2. The minimum atomic E-state index is -5.56. The highest BCUT2D eigenvalue weighted by Gasteiger charge is 2.71. The van der Waals surface area contributed by atoms with Crippen molar-refractivity contribution in [1.29, 1.82) is 5.26 Å². The molecule has 2 bridgehead atoms. The third-order valence-corrected chi connectivity index (χ3v) is 8.96. The molecule has 2 unspecified atom stereocenters. The van der Waals surface area contributed by atoms with Gasteiger partial charge in [0.2, 0.25) is 11.8 Å². The van der Waals surface area contributed by atoms with E-state index < -0.39 is 70.7 Å². The summed E-state index contributed by atoms with van der Waals surface area (Å²) in [4.78, 5) is 29.8. The number of hydrogen-bond acceptors (Lipinski definition) is 6. The van der Waals surface area contributed by atoms with Crippen LogP contribution in [0.4, 0.5) is 40.8 Å². The molecule has 3 heterocycles. The van der Waals surface area contributed by atoms with Crippen LogP contribution in [0.2, 0.25) is 0 Å². The number of halogens is 8. The van der Waals surface area contributed by atoms with E-state index in [0.29, 0.717) is 24.8 Å². The normalized spacial score (nSPS) is 28.8. The second-order valence-corrected chi connectivity index (χ2v) is 12.2. The predicted molar refractivity (Wildman–Crippen MR) is 132 cm³/mol.